The lowest BCUT2D eigenvalue weighted by Crippen LogP contribution is -2.21. The third-order valence-electron chi connectivity index (χ3n) is 5.51. The van der Waals surface area contributed by atoms with Gasteiger partial charge in [0, 0.05) is 30.3 Å². The zero-order valence-electron chi connectivity index (χ0n) is 19.0. The number of aromatic nitrogens is 2. The van der Waals surface area contributed by atoms with Crippen LogP contribution in [0.4, 0.5) is 17.6 Å². The molecule has 0 radical (unpaired) electrons. The van der Waals surface area contributed by atoms with Crippen LogP contribution in [0.2, 0.25) is 0 Å². The summed E-state index contributed by atoms with van der Waals surface area (Å²) in [5.41, 5.74) is 3.35. The van der Waals surface area contributed by atoms with E-state index >= 15 is 8.78 Å². The molecule has 0 aliphatic rings. The van der Waals surface area contributed by atoms with E-state index in [1.165, 1.54) is 18.8 Å². The molecule has 0 aliphatic heterocycles. The largest absolute Gasteiger partial charge is 0.497 e. The van der Waals surface area contributed by atoms with Crippen molar-refractivity contribution >= 4 is 5.91 Å². The summed E-state index contributed by atoms with van der Waals surface area (Å²) in [7, 11) is 2.62. The lowest BCUT2D eigenvalue weighted by atomic mass is 9.95. The molecule has 0 atom stereocenters. The van der Waals surface area contributed by atoms with Crippen molar-refractivity contribution in [2.75, 3.05) is 7.11 Å². The Morgan fingerprint density at radius 2 is 1.58 bits per heavy atom. The molecule has 3 aromatic carbocycles. The van der Waals surface area contributed by atoms with E-state index in [0.717, 1.165) is 35.0 Å². The standard InChI is InChI=1S/C25H19F4N3O4/c1-31-22(21-18(26)11-15(35-2)12-19(21)27)20(24(34)32(31)13-6-4-3-5-7-13)17-10-14(36-25(28)29)8-9-16(17)23(30)33/h3-12,25H,1-2H3,(H2,30,33). The number of ether oxygens (including phenoxy) is 2. The number of alkyl halides is 2. The zero-order valence-corrected chi connectivity index (χ0v) is 19.0. The fourth-order valence-electron chi connectivity index (χ4n) is 4.01. The Hall–Kier alpha value is -4.54. The zero-order chi connectivity index (χ0) is 26.1. The van der Waals surface area contributed by atoms with Crippen LogP contribution in [0.5, 0.6) is 11.5 Å². The predicted molar refractivity (Wildman–Crippen MR) is 123 cm³/mol. The fraction of sp³-hybridized carbons (Fsp3) is 0.120. The van der Waals surface area contributed by atoms with Crippen LogP contribution in [0.15, 0.2) is 65.5 Å². The average Bonchev–Trinajstić information content (AvgIpc) is 3.08. The molecule has 4 aromatic rings. The number of rotatable bonds is 7. The summed E-state index contributed by atoms with van der Waals surface area (Å²) in [6.45, 7) is -3.20. The van der Waals surface area contributed by atoms with Gasteiger partial charge >= 0.3 is 6.61 Å². The first kappa shape index (κ1) is 24.6. The third kappa shape index (κ3) is 4.30. The maximum Gasteiger partial charge on any atom is 0.387 e. The molecule has 4 rings (SSSR count). The van der Waals surface area contributed by atoms with Crippen LogP contribution < -0.4 is 20.8 Å². The first-order valence-corrected chi connectivity index (χ1v) is 10.4. The molecule has 0 saturated carbocycles. The molecule has 36 heavy (non-hydrogen) atoms. The van der Waals surface area contributed by atoms with Crippen LogP contribution in [0, 0.1) is 11.6 Å². The highest BCUT2D eigenvalue weighted by molar-refractivity contribution is 6.02. The highest BCUT2D eigenvalue weighted by Gasteiger charge is 2.29. The SMILES string of the molecule is COc1cc(F)c(-c2c(-c3cc(OC(F)F)ccc3C(N)=O)c(=O)n(-c3ccccc3)n2C)c(F)c1. The first-order chi connectivity index (χ1) is 17.1. The molecule has 7 nitrogen and oxygen atoms in total. The summed E-state index contributed by atoms with van der Waals surface area (Å²) in [5.74, 6) is -3.61. The molecule has 0 saturated heterocycles. The number of carbonyl (C=O) groups excluding carboxylic acids is 1. The Labute approximate surface area is 201 Å². The summed E-state index contributed by atoms with van der Waals surface area (Å²) in [5, 5.41) is 0. The molecular formula is C25H19F4N3O4. The molecular weight excluding hydrogens is 482 g/mol. The Morgan fingerprint density at radius 1 is 0.944 bits per heavy atom. The van der Waals surface area contributed by atoms with Gasteiger partial charge in [-0.15, -0.1) is 0 Å². The van der Waals surface area contributed by atoms with Crippen LogP contribution in [0.3, 0.4) is 0 Å². The number of halogens is 4. The van der Waals surface area contributed by atoms with E-state index in [1.54, 1.807) is 30.3 Å². The summed E-state index contributed by atoms with van der Waals surface area (Å²) >= 11 is 0. The molecule has 1 amide bonds. The van der Waals surface area contributed by atoms with Crippen molar-refractivity contribution < 1.29 is 31.8 Å². The monoisotopic (exact) mass is 501 g/mol. The average molecular weight is 501 g/mol. The molecule has 2 N–H and O–H groups in total. The van der Waals surface area contributed by atoms with E-state index in [1.807, 2.05) is 0 Å². The van der Waals surface area contributed by atoms with Crippen molar-refractivity contribution in [2.45, 2.75) is 6.61 Å². The molecule has 0 unspecified atom stereocenters. The van der Waals surface area contributed by atoms with Crippen LogP contribution in [-0.2, 0) is 7.05 Å². The number of hydrogen-bond acceptors (Lipinski definition) is 4. The Balaban J connectivity index is 2.16. The Kier molecular flexibility index (Phi) is 6.56. The normalized spacial score (nSPS) is 11.1. The number of amides is 1. The van der Waals surface area contributed by atoms with Gasteiger partial charge in [0.1, 0.15) is 23.1 Å². The van der Waals surface area contributed by atoms with Gasteiger partial charge in [0.25, 0.3) is 5.56 Å². The van der Waals surface area contributed by atoms with Crippen LogP contribution in [0.1, 0.15) is 10.4 Å². The topological polar surface area (TPSA) is 88.5 Å². The van der Waals surface area contributed by atoms with Crippen molar-refractivity contribution in [2.24, 2.45) is 12.8 Å². The van der Waals surface area contributed by atoms with Crippen molar-refractivity contribution in [1.29, 1.82) is 0 Å². The predicted octanol–water partition coefficient (Wildman–Crippen LogP) is 4.50. The van der Waals surface area contributed by atoms with Crippen LogP contribution in [0.25, 0.3) is 28.1 Å². The van der Waals surface area contributed by atoms with Gasteiger partial charge in [-0.1, -0.05) is 18.2 Å². The summed E-state index contributed by atoms with van der Waals surface area (Å²) in [6.07, 6.45) is 0. The van der Waals surface area contributed by atoms with Gasteiger partial charge in [-0.2, -0.15) is 8.78 Å². The van der Waals surface area contributed by atoms with Crippen molar-refractivity contribution in [3.8, 4) is 39.6 Å². The quantitative estimate of drug-likeness (QED) is 0.378. The number of methoxy groups -OCH3 is 1. The second-order valence-electron chi connectivity index (χ2n) is 7.62. The molecule has 0 aliphatic carbocycles. The van der Waals surface area contributed by atoms with Crippen molar-refractivity contribution in [3.05, 3.63) is 88.2 Å². The maximum absolute atomic E-state index is 15.3. The molecule has 11 heteroatoms. The van der Waals surface area contributed by atoms with Gasteiger partial charge in [-0.3, -0.25) is 14.3 Å². The van der Waals surface area contributed by atoms with Gasteiger partial charge in [0.15, 0.2) is 0 Å². The lowest BCUT2D eigenvalue weighted by molar-refractivity contribution is -0.0498. The Bertz CT molecular complexity index is 1490. The molecule has 0 spiro atoms. The van der Waals surface area contributed by atoms with Gasteiger partial charge in [-0.05, 0) is 30.3 Å². The van der Waals surface area contributed by atoms with E-state index < -0.39 is 35.3 Å². The first-order valence-electron chi connectivity index (χ1n) is 10.4. The van der Waals surface area contributed by atoms with E-state index in [-0.39, 0.29) is 33.9 Å². The molecule has 0 fully saturated rings. The fourth-order valence-corrected chi connectivity index (χ4v) is 4.01. The summed E-state index contributed by atoms with van der Waals surface area (Å²) < 4.78 is 68.0. The lowest BCUT2D eigenvalue weighted by Gasteiger charge is -2.14. The Morgan fingerprint density at radius 3 is 2.14 bits per heavy atom. The maximum atomic E-state index is 15.3. The molecule has 0 bridgehead atoms. The number of nitrogens with zero attached hydrogens (tertiary/aromatic N) is 2. The smallest absolute Gasteiger partial charge is 0.387 e. The minimum Gasteiger partial charge on any atom is -0.497 e. The summed E-state index contributed by atoms with van der Waals surface area (Å²) in [6, 6.07) is 13.2. The second kappa shape index (κ2) is 9.61. The van der Waals surface area contributed by atoms with Crippen molar-refractivity contribution in [3.63, 3.8) is 0 Å². The van der Waals surface area contributed by atoms with E-state index in [9.17, 15) is 18.4 Å². The third-order valence-corrected chi connectivity index (χ3v) is 5.51. The van der Waals surface area contributed by atoms with E-state index in [4.69, 9.17) is 10.5 Å². The minimum atomic E-state index is -3.20. The van der Waals surface area contributed by atoms with E-state index in [2.05, 4.69) is 4.74 Å². The second-order valence-corrected chi connectivity index (χ2v) is 7.62. The number of carbonyl (C=O) groups is 1. The number of nitrogens with two attached hydrogens (primary N) is 1. The minimum absolute atomic E-state index is 0.104. The van der Waals surface area contributed by atoms with Gasteiger partial charge < -0.3 is 15.2 Å². The highest BCUT2D eigenvalue weighted by atomic mass is 19.3. The number of primary amides is 1. The van der Waals surface area contributed by atoms with Crippen LogP contribution in [-0.4, -0.2) is 29.0 Å². The molecule has 186 valence electrons. The number of para-hydroxylation sites is 1. The molecule has 1 aromatic heterocycles. The van der Waals surface area contributed by atoms with Gasteiger partial charge in [-0.25, -0.2) is 13.5 Å². The number of hydrogen-bond donors (Lipinski definition) is 1. The van der Waals surface area contributed by atoms with E-state index in [0.29, 0.717) is 5.69 Å². The van der Waals surface area contributed by atoms with Gasteiger partial charge in [0.2, 0.25) is 5.91 Å². The molecule has 1 heterocycles. The highest BCUT2D eigenvalue weighted by Crippen LogP contribution is 2.38. The van der Waals surface area contributed by atoms with Crippen molar-refractivity contribution in [1.82, 2.24) is 9.36 Å². The van der Waals surface area contributed by atoms with Gasteiger partial charge in [0.05, 0.1) is 29.6 Å². The summed E-state index contributed by atoms with van der Waals surface area (Å²) in [4.78, 5) is 26.0. The van der Waals surface area contributed by atoms with Crippen LogP contribution >= 0.6 is 0 Å². The number of benzene rings is 3.